The van der Waals surface area contributed by atoms with Crippen LogP contribution >= 0.6 is 0 Å². The van der Waals surface area contributed by atoms with Crippen LogP contribution in [-0.4, -0.2) is 18.1 Å². The van der Waals surface area contributed by atoms with Gasteiger partial charge in [0, 0.05) is 34.1 Å². The normalized spacial score (nSPS) is 11.5. The zero-order valence-electron chi connectivity index (χ0n) is 19.1. The highest BCUT2D eigenvalue weighted by Gasteiger charge is 2.18. The van der Waals surface area contributed by atoms with Crippen LogP contribution in [0.1, 0.15) is 31.5 Å². The lowest BCUT2D eigenvalue weighted by atomic mass is 9.94. The molecule has 0 aliphatic carbocycles. The Hall–Kier alpha value is -3.37. The number of aryl methyl sites for hydroxylation is 1. The Bertz CT molecular complexity index is 1170. The second-order valence-corrected chi connectivity index (χ2v) is 8.60. The van der Waals surface area contributed by atoms with Crippen LogP contribution in [0.2, 0.25) is 0 Å². The van der Waals surface area contributed by atoms with Crippen LogP contribution in [0.4, 0.5) is 11.4 Å². The first-order valence-electron chi connectivity index (χ1n) is 11.2. The lowest BCUT2D eigenvalue weighted by Crippen LogP contribution is -2.37. The zero-order chi connectivity index (χ0) is 22.4. The van der Waals surface area contributed by atoms with Crippen LogP contribution in [0.5, 0.6) is 5.75 Å². The van der Waals surface area contributed by atoms with Crippen molar-refractivity contribution < 1.29 is 4.74 Å². The van der Waals surface area contributed by atoms with E-state index in [-0.39, 0.29) is 5.54 Å². The monoisotopic (exact) mass is 425 g/mol. The molecule has 1 heterocycles. The van der Waals surface area contributed by atoms with Gasteiger partial charge < -0.3 is 15.4 Å². The molecule has 0 fully saturated rings. The number of aromatic nitrogens is 1. The SMILES string of the molecule is Cc1cc(Nc2cccc(OCCCNC(C)(C)c3ccccc3)c2)c2ccccc2n1. The van der Waals surface area contributed by atoms with E-state index in [1.807, 2.05) is 43.3 Å². The average molecular weight is 426 g/mol. The second-order valence-electron chi connectivity index (χ2n) is 8.60. The van der Waals surface area contributed by atoms with E-state index in [2.05, 4.69) is 78.0 Å². The molecule has 0 spiro atoms. The molecule has 0 bridgehead atoms. The van der Waals surface area contributed by atoms with Gasteiger partial charge in [-0.05, 0) is 63.6 Å². The first kappa shape index (κ1) is 21.8. The van der Waals surface area contributed by atoms with Gasteiger partial charge in [0.25, 0.3) is 0 Å². The second kappa shape index (κ2) is 9.84. The van der Waals surface area contributed by atoms with Gasteiger partial charge in [-0.1, -0.05) is 54.6 Å². The summed E-state index contributed by atoms with van der Waals surface area (Å²) in [6, 6.07) is 28.9. The number of nitrogens with zero attached hydrogens (tertiary/aromatic N) is 1. The molecule has 0 unspecified atom stereocenters. The third-order valence-electron chi connectivity index (χ3n) is 5.61. The first-order chi connectivity index (χ1) is 15.5. The van der Waals surface area contributed by atoms with Gasteiger partial charge in [0.15, 0.2) is 0 Å². The van der Waals surface area contributed by atoms with Crippen LogP contribution in [0, 0.1) is 6.92 Å². The lowest BCUT2D eigenvalue weighted by Gasteiger charge is -2.27. The molecule has 0 amide bonds. The summed E-state index contributed by atoms with van der Waals surface area (Å²) >= 11 is 0. The molecule has 0 radical (unpaired) electrons. The summed E-state index contributed by atoms with van der Waals surface area (Å²) < 4.78 is 6.02. The summed E-state index contributed by atoms with van der Waals surface area (Å²) in [7, 11) is 0. The fraction of sp³-hybridized carbons (Fsp3) is 0.250. The van der Waals surface area contributed by atoms with E-state index in [1.54, 1.807) is 0 Å². The molecule has 0 atom stereocenters. The van der Waals surface area contributed by atoms with E-state index in [1.165, 1.54) is 5.56 Å². The molecule has 0 saturated heterocycles. The largest absolute Gasteiger partial charge is 0.493 e. The Balaban J connectivity index is 1.32. The molecule has 4 rings (SSSR count). The van der Waals surface area contributed by atoms with Crippen LogP contribution < -0.4 is 15.4 Å². The van der Waals surface area contributed by atoms with Gasteiger partial charge in [-0.25, -0.2) is 0 Å². The molecule has 1 aromatic heterocycles. The maximum absolute atomic E-state index is 6.02. The predicted molar refractivity (Wildman–Crippen MR) is 134 cm³/mol. The number of anilines is 2. The van der Waals surface area contributed by atoms with Gasteiger partial charge in [0.2, 0.25) is 0 Å². The number of nitrogens with one attached hydrogen (secondary N) is 2. The van der Waals surface area contributed by atoms with Crippen LogP contribution in [0.25, 0.3) is 10.9 Å². The maximum Gasteiger partial charge on any atom is 0.121 e. The van der Waals surface area contributed by atoms with E-state index in [0.29, 0.717) is 6.61 Å². The van der Waals surface area contributed by atoms with Gasteiger partial charge in [0.1, 0.15) is 5.75 Å². The summed E-state index contributed by atoms with van der Waals surface area (Å²) in [4.78, 5) is 4.62. The standard InChI is InChI=1S/C28H31N3O/c1-21-19-27(25-15-7-8-16-26(25)30-21)31-23-13-9-14-24(20-23)32-18-10-17-29-28(2,3)22-11-5-4-6-12-22/h4-9,11-16,19-20,29H,10,17-18H2,1-3H3,(H,30,31). The minimum absolute atomic E-state index is 0.0590. The van der Waals surface area contributed by atoms with E-state index in [0.717, 1.165) is 46.7 Å². The van der Waals surface area contributed by atoms with E-state index in [4.69, 9.17) is 4.74 Å². The molecule has 4 aromatic rings. The molecular formula is C28H31N3O. The lowest BCUT2D eigenvalue weighted by molar-refractivity contribution is 0.295. The molecule has 0 aliphatic rings. The fourth-order valence-electron chi connectivity index (χ4n) is 3.85. The minimum atomic E-state index is -0.0590. The highest BCUT2D eigenvalue weighted by Crippen LogP contribution is 2.28. The van der Waals surface area contributed by atoms with Gasteiger partial charge in [-0.15, -0.1) is 0 Å². The molecule has 164 valence electrons. The highest BCUT2D eigenvalue weighted by molar-refractivity contribution is 5.93. The number of ether oxygens (including phenoxy) is 1. The number of fused-ring (bicyclic) bond motifs is 1. The van der Waals surface area contributed by atoms with Crippen LogP contribution in [0.3, 0.4) is 0 Å². The number of benzene rings is 3. The number of hydrogen-bond donors (Lipinski definition) is 2. The van der Waals surface area contributed by atoms with Crippen molar-refractivity contribution in [2.75, 3.05) is 18.5 Å². The smallest absolute Gasteiger partial charge is 0.121 e. The fourth-order valence-corrected chi connectivity index (χ4v) is 3.85. The molecule has 4 heteroatoms. The van der Waals surface area contributed by atoms with Crippen molar-refractivity contribution in [3.63, 3.8) is 0 Å². The third kappa shape index (κ3) is 5.45. The number of rotatable bonds is 9. The Morgan fingerprint density at radius 2 is 1.66 bits per heavy atom. The van der Waals surface area contributed by atoms with Crippen molar-refractivity contribution in [2.24, 2.45) is 0 Å². The van der Waals surface area contributed by atoms with Crippen LogP contribution in [-0.2, 0) is 5.54 Å². The van der Waals surface area contributed by atoms with Gasteiger partial charge >= 0.3 is 0 Å². The zero-order valence-corrected chi connectivity index (χ0v) is 19.1. The maximum atomic E-state index is 6.02. The average Bonchev–Trinajstić information content (AvgIpc) is 2.79. The van der Waals surface area contributed by atoms with Crippen molar-refractivity contribution in [1.82, 2.24) is 10.3 Å². The molecule has 32 heavy (non-hydrogen) atoms. The Morgan fingerprint density at radius 1 is 0.875 bits per heavy atom. The summed E-state index contributed by atoms with van der Waals surface area (Å²) in [5.74, 6) is 0.868. The number of para-hydroxylation sites is 1. The molecule has 4 nitrogen and oxygen atoms in total. The van der Waals surface area contributed by atoms with Crippen molar-refractivity contribution in [3.05, 3.63) is 96.2 Å². The summed E-state index contributed by atoms with van der Waals surface area (Å²) in [6.07, 6.45) is 0.933. The van der Waals surface area contributed by atoms with E-state index in [9.17, 15) is 0 Å². The Kier molecular flexibility index (Phi) is 6.72. The summed E-state index contributed by atoms with van der Waals surface area (Å²) in [5.41, 5.74) is 5.27. The number of hydrogen-bond acceptors (Lipinski definition) is 4. The van der Waals surface area contributed by atoms with E-state index < -0.39 is 0 Å². The van der Waals surface area contributed by atoms with Crippen molar-refractivity contribution >= 4 is 22.3 Å². The third-order valence-corrected chi connectivity index (χ3v) is 5.61. The van der Waals surface area contributed by atoms with Crippen molar-refractivity contribution in [3.8, 4) is 5.75 Å². The van der Waals surface area contributed by atoms with Crippen molar-refractivity contribution in [1.29, 1.82) is 0 Å². The quantitative estimate of drug-likeness (QED) is 0.297. The molecular weight excluding hydrogens is 394 g/mol. The first-order valence-corrected chi connectivity index (χ1v) is 11.2. The Morgan fingerprint density at radius 3 is 2.50 bits per heavy atom. The molecule has 0 aliphatic heterocycles. The van der Waals surface area contributed by atoms with Crippen molar-refractivity contribution in [2.45, 2.75) is 32.7 Å². The van der Waals surface area contributed by atoms with Gasteiger partial charge in [0.05, 0.1) is 12.1 Å². The van der Waals surface area contributed by atoms with Gasteiger partial charge in [-0.3, -0.25) is 4.98 Å². The minimum Gasteiger partial charge on any atom is -0.493 e. The number of pyridine rings is 1. The molecule has 2 N–H and O–H groups in total. The Labute approximate surface area is 190 Å². The molecule has 3 aromatic carbocycles. The van der Waals surface area contributed by atoms with Gasteiger partial charge in [-0.2, -0.15) is 0 Å². The summed E-state index contributed by atoms with van der Waals surface area (Å²) in [5, 5.41) is 8.27. The van der Waals surface area contributed by atoms with Crippen LogP contribution in [0.15, 0.2) is 84.9 Å². The molecule has 0 saturated carbocycles. The predicted octanol–water partition coefficient (Wildman–Crippen LogP) is 6.58. The summed E-state index contributed by atoms with van der Waals surface area (Å²) in [6.45, 7) is 8.00. The highest BCUT2D eigenvalue weighted by atomic mass is 16.5. The topological polar surface area (TPSA) is 46.2 Å². The van der Waals surface area contributed by atoms with E-state index >= 15 is 0 Å².